The molecule has 1 saturated heterocycles. The number of hydrogen-bond donors (Lipinski definition) is 0. The lowest BCUT2D eigenvalue weighted by atomic mass is 9.94. The Morgan fingerprint density at radius 2 is 1.19 bits per heavy atom. The van der Waals surface area contributed by atoms with E-state index < -0.39 is 0 Å². The van der Waals surface area contributed by atoms with Gasteiger partial charge < -0.3 is 32.8 Å². The average Bonchev–Trinajstić information content (AvgIpc) is 3.25. The molecule has 1 atom stereocenters. The summed E-state index contributed by atoms with van der Waals surface area (Å²) in [5, 5.41) is 0.501. The summed E-state index contributed by atoms with van der Waals surface area (Å²) in [6, 6.07) is 35.5. The molecule has 0 spiro atoms. The van der Waals surface area contributed by atoms with Crippen LogP contribution in [0.5, 0.6) is 17.4 Å². The Labute approximate surface area is 337 Å². The Balaban J connectivity index is 0.000000165. The van der Waals surface area contributed by atoms with Crippen LogP contribution in [0, 0.1) is 13.8 Å². The van der Waals surface area contributed by atoms with E-state index in [-0.39, 0.29) is 17.0 Å². The SMILES string of the molecule is Cc1c2n(c(Cl)cc1=O)CCc1cc(OCc3ccccc3)ccc1-2.Cc1c2n(c(OC[C@@H]3COCCO3)cc1=O)CCc1cc(OCc3ccccc3)ccc1-2. The first-order chi connectivity index (χ1) is 27.8. The zero-order chi connectivity index (χ0) is 39.3. The van der Waals surface area contributed by atoms with Crippen LogP contribution in [-0.4, -0.2) is 41.7 Å². The lowest BCUT2D eigenvalue weighted by molar-refractivity contribution is -0.102. The van der Waals surface area contributed by atoms with E-state index in [0.29, 0.717) is 50.7 Å². The fourth-order valence-corrected chi connectivity index (χ4v) is 7.92. The minimum absolute atomic E-state index is 0.0199. The van der Waals surface area contributed by atoms with Crippen LogP contribution < -0.4 is 25.1 Å². The molecule has 0 amide bonds. The van der Waals surface area contributed by atoms with Crippen molar-refractivity contribution in [3.63, 3.8) is 0 Å². The lowest BCUT2D eigenvalue weighted by Crippen LogP contribution is -2.34. The molecule has 10 heteroatoms. The van der Waals surface area contributed by atoms with Crippen LogP contribution in [-0.2, 0) is 48.6 Å². The van der Waals surface area contributed by atoms with Gasteiger partial charge in [-0.1, -0.05) is 72.3 Å². The summed E-state index contributed by atoms with van der Waals surface area (Å²) in [7, 11) is 0. The van der Waals surface area contributed by atoms with Crippen molar-refractivity contribution in [2.45, 2.75) is 59.1 Å². The van der Waals surface area contributed by atoms with Crippen LogP contribution in [0.3, 0.4) is 0 Å². The molecule has 2 aromatic heterocycles. The van der Waals surface area contributed by atoms with Crippen LogP contribution in [0.2, 0.25) is 5.15 Å². The Kier molecular flexibility index (Phi) is 11.6. The number of ether oxygens (including phenoxy) is 5. The van der Waals surface area contributed by atoms with E-state index in [1.807, 2.05) is 85.1 Å². The van der Waals surface area contributed by atoms with E-state index in [1.54, 1.807) is 6.07 Å². The number of halogens is 1. The van der Waals surface area contributed by atoms with Gasteiger partial charge in [-0.3, -0.25) is 9.59 Å². The normalized spacial score (nSPS) is 15.2. The van der Waals surface area contributed by atoms with Crippen molar-refractivity contribution >= 4 is 11.6 Å². The summed E-state index contributed by atoms with van der Waals surface area (Å²) in [6.45, 7) is 8.38. The van der Waals surface area contributed by atoms with Gasteiger partial charge >= 0.3 is 0 Å². The Morgan fingerprint density at radius 1 is 0.649 bits per heavy atom. The maximum absolute atomic E-state index is 12.7. The van der Waals surface area contributed by atoms with E-state index in [0.717, 1.165) is 82.2 Å². The van der Waals surface area contributed by atoms with Gasteiger partial charge in [0.2, 0.25) is 0 Å². The molecule has 57 heavy (non-hydrogen) atoms. The topological polar surface area (TPSA) is 90.2 Å². The first kappa shape index (κ1) is 38.3. The summed E-state index contributed by atoms with van der Waals surface area (Å²) in [5.74, 6) is 2.26. The molecule has 3 aliphatic rings. The molecule has 3 aliphatic heterocycles. The number of aromatic nitrogens is 2. The quantitative estimate of drug-likeness (QED) is 0.136. The van der Waals surface area contributed by atoms with Gasteiger partial charge in [0, 0.05) is 47.5 Å². The maximum Gasteiger partial charge on any atom is 0.197 e. The van der Waals surface area contributed by atoms with E-state index in [9.17, 15) is 9.59 Å². The molecular formula is C47H45ClN2O7. The zero-order valence-electron chi connectivity index (χ0n) is 32.2. The predicted octanol–water partition coefficient (Wildman–Crippen LogP) is 8.37. The first-order valence-corrected chi connectivity index (χ1v) is 19.8. The van der Waals surface area contributed by atoms with Gasteiger partial charge in [0.15, 0.2) is 16.7 Å². The van der Waals surface area contributed by atoms with Crippen molar-refractivity contribution in [1.82, 2.24) is 9.13 Å². The Morgan fingerprint density at radius 3 is 1.75 bits per heavy atom. The first-order valence-electron chi connectivity index (χ1n) is 19.4. The lowest BCUT2D eigenvalue weighted by Gasteiger charge is -2.28. The molecule has 292 valence electrons. The van der Waals surface area contributed by atoms with Crippen molar-refractivity contribution in [2.75, 3.05) is 26.4 Å². The van der Waals surface area contributed by atoms with Crippen LogP contribution in [0.1, 0.15) is 33.4 Å². The number of pyridine rings is 2. The van der Waals surface area contributed by atoms with Crippen LogP contribution in [0.15, 0.2) is 119 Å². The summed E-state index contributed by atoms with van der Waals surface area (Å²) in [5.41, 5.74) is 10.0. The molecule has 9 rings (SSSR count). The third kappa shape index (κ3) is 8.56. The summed E-state index contributed by atoms with van der Waals surface area (Å²) in [6.07, 6.45) is 1.59. The molecule has 0 saturated carbocycles. The highest BCUT2D eigenvalue weighted by Gasteiger charge is 2.24. The van der Waals surface area contributed by atoms with E-state index in [2.05, 4.69) is 34.9 Å². The number of aryl methyl sites for hydroxylation is 2. The molecule has 0 aliphatic carbocycles. The van der Waals surface area contributed by atoms with Crippen molar-refractivity contribution in [3.8, 4) is 39.9 Å². The van der Waals surface area contributed by atoms with Crippen molar-refractivity contribution in [2.24, 2.45) is 0 Å². The number of benzene rings is 4. The number of hydrogen-bond acceptors (Lipinski definition) is 7. The monoisotopic (exact) mass is 784 g/mol. The number of nitrogens with zero attached hydrogens (tertiary/aromatic N) is 2. The van der Waals surface area contributed by atoms with Gasteiger partial charge in [0.1, 0.15) is 42.6 Å². The molecule has 0 unspecified atom stereocenters. The third-order valence-electron chi connectivity index (χ3n) is 10.7. The van der Waals surface area contributed by atoms with E-state index >= 15 is 0 Å². The molecule has 5 heterocycles. The van der Waals surface area contributed by atoms with Gasteiger partial charge in [0.05, 0.1) is 31.2 Å². The van der Waals surface area contributed by atoms with Crippen molar-refractivity contribution in [1.29, 1.82) is 0 Å². The van der Waals surface area contributed by atoms with Crippen LogP contribution in [0.4, 0.5) is 0 Å². The van der Waals surface area contributed by atoms with E-state index in [4.69, 9.17) is 35.3 Å². The van der Waals surface area contributed by atoms with Gasteiger partial charge in [-0.25, -0.2) is 0 Å². The fourth-order valence-electron chi connectivity index (χ4n) is 7.66. The average molecular weight is 785 g/mol. The van der Waals surface area contributed by atoms with Crippen molar-refractivity contribution < 1.29 is 23.7 Å². The smallest absolute Gasteiger partial charge is 0.197 e. The van der Waals surface area contributed by atoms with Gasteiger partial charge in [-0.2, -0.15) is 0 Å². The highest BCUT2D eigenvalue weighted by atomic mass is 35.5. The molecule has 1 fully saturated rings. The largest absolute Gasteiger partial charge is 0.489 e. The molecule has 0 N–H and O–H groups in total. The second kappa shape index (κ2) is 17.3. The highest BCUT2D eigenvalue weighted by Crippen LogP contribution is 2.37. The molecular weight excluding hydrogens is 740 g/mol. The Bertz CT molecular complexity index is 2490. The number of rotatable bonds is 9. The molecule has 6 aromatic rings. The minimum Gasteiger partial charge on any atom is -0.489 e. The highest BCUT2D eigenvalue weighted by molar-refractivity contribution is 6.29. The summed E-state index contributed by atoms with van der Waals surface area (Å²) < 4.78 is 33.2. The van der Waals surface area contributed by atoms with Gasteiger partial charge in [-0.05, 0) is 85.3 Å². The van der Waals surface area contributed by atoms with Gasteiger partial charge in [-0.15, -0.1) is 0 Å². The standard InChI is InChI=1S/C26H27NO5.C21H18ClNO2/c1-18-24(28)14-25(32-17-22-16-29-11-12-30-22)27-10-9-20-13-21(7-8-23(20)26(18)27)31-15-19-5-3-2-4-6-19;1-14-19(24)12-20(22)23-10-9-16-11-17(7-8-18(16)21(14)23)25-13-15-5-3-2-4-6-15/h2-8,13-14,22H,9-12,15-17H2,1H3;2-8,11-12H,9-10,13H2,1H3/t22-;/m0./s1. The summed E-state index contributed by atoms with van der Waals surface area (Å²) >= 11 is 6.27. The maximum atomic E-state index is 12.7. The zero-order valence-corrected chi connectivity index (χ0v) is 32.9. The minimum atomic E-state index is -0.114. The second-order valence-electron chi connectivity index (χ2n) is 14.5. The summed E-state index contributed by atoms with van der Waals surface area (Å²) in [4.78, 5) is 24.9. The predicted molar refractivity (Wildman–Crippen MR) is 222 cm³/mol. The van der Waals surface area contributed by atoms with Crippen LogP contribution in [0.25, 0.3) is 22.5 Å². The number of fused-ring (bicyclic) bond motifs is 6. The van der Waals surface area contributed by atoms with Crippen LogP contribution >= 0.6 is 11.6 Å². The third-order valence-corrected chi connectivity index (χ3v) is 11.0. The van der Waals surface area contributed by atoms with Crippen molar-refractivity contribution in [3.05, 3.63) is 168 Å². The molecule has 0 bridgehead atoms. The van der Waals surface area contributed by atoms with E-state index in [1.165, 1.54) is 17.2 Å². The second-order valence-corrected chi connectivity index (χ2v) is 14.9. The van der Waals surface area contributed by atoms with Gasteiger partial charge in [0.25, 0.3) is 0 Å². The molecule has 0 radical (unpaired) electrons. The molecule has 4 aromatic carbocycles. The molecule has 9 nitrogen and oxygen atoms in total. The fraction of sp³-hybridized carbons (Fsp3) is 0.277. The Hall–Kier alpha value is -5.61.